The molecule has 0 atom stereocenters. The van der Waals surface area contributed by atoms with Crippen LogP contribution in [0.25, 0.3) is 6.08 Å². The van der Waals surface area contributed by atoms with Gasteiger partial charge in [-0.25, -0.2) is 0 Å². The number of rotatable bonds is 7. The fraction of sp³-hybridized carbons (Fsp3) is 0.400. The number of amides is 1. The van der Waals surface area contributed by atoms with Crippen LogP contribution in [0.1, 0.15) is 54.5 Å². The number of carbonyl (C=O) groups is 1. The van der Waals surface area contributed by atoms with Crippen molar-refractivity contribution in [3.63, 3.8) is 0 Å². The number of carbonyl (C=O) groups excluding carboxylic acids is 1. The highest BCUT2D eigenvalue weighted by Crippen LogP contribution is 2.44. The minimum absolute atomic E-state index is 0.0543. The number of nitrogens with one attached hydrogen (secondary N) is 1. The van der Waals surface area contributed by atoms with Gasteiger partial charge in [-0.2, -0.15) is 5.10 Å². The van der Waals surface area contributed by atoms with Crippen molar-refractivity contribution >= 4 is 12.0 Å². The molecule has 124 valence electrons. The fourth-order valence-electron chi connectivity index (χ4n) is 3.00. The highest BCUT2D eigenvalue weighted by Gasteiger charge is 2.32. The largest absolute Gasteiger partial charge is 0.351 e. The Labute approximate surface area is 142 Å². The Kier molecular flexibility index (Phi) is 4.20. The van der Waals surface area contributed by atoms with Crippen LogP contribution in [0.5, 0.6) is 0 Å². The maximum absolute atomic E-state index is 11.9. The van der Waals surface area contributed by atoms with Crippen molar-refractivity contribution in [1.82, 2.24) is 15.1 Å². The minimum Gasteiger partial charge on any atom is -0.351 e. The molecule has 1 aromatic carbocycles. The molecule has 1 aromatic heterocycles. The van der Waals surface area contributed by atoms with Crippen LogP contribution in [0.4, 0.5) is 0 Å². The van der Waals surface area contributed by atoms with E-state index in [4.69, 9.17) is 5.10 Å². The third kappa shape index (κ3) is 3.75. The van der Waals surface area contributed by atoms with Gasteiger partial charge < -0.3 is 5.32 Å². The Balaban J connectivity index is 1.30. The fourth-order valence-corrected chi connectivity index (χ4v) is 3.00. The molecular formula is C20H23N3O. The molecule has 2 aliphatic rings. The van der Waals surface area contributed by atoms with E-state index < -0.39 is 0 Å². The number of hydrogen-bond donors (Lipinski definition) is 1. The van der Waals surface area contributed by atoms with E-state index in [0.29, 0.717) is 18.4 Å². The lowest BCUT2D eigenvalue weighted by atomic mass is 10.2. The van der Waals surface area contributed by atoms with E-state index in [9.17, 15) is 4.79 Å². The predicted molar refractivity (Wildman–Crippen MR) is 94.7 cm³/mol. The lowest BCUT2D eigenvalue weighted by molar-refractivity contribution is -0.116. The van der Waals surface area contributed by atoms with Gasteiger partial charge in [0.05, 0.1) is 12.2 Å². The summed E-state index contributed by atoms with van der Waals surface area (Å²) in [7, 11) is 0. The molecule has 4 rings (SSSR count). The van der Waals surface area contributed by atoms with E-state index >= 15 is 0 Å². The number of aromatic nitrogens is 2. The first kappa shape index (κ1) is 15.2. The Morgan fingerprint density at radius 3 is 2.62 bits per heavy atom. The molecule has 2 aliphatic carbocycles. The maximum Gasteiger partial charge on any atom is 0.244 e. The van der Waals surface area contributed by atoms with Crippen LogP contribution < -0.4 is 5.32 Å². The summed E-state index contributed by atoms with van der Waals surface area (Å²) in [6.45, 7) is 1.37. The monoisotopic (exact) mass is 321 g/mol. The van der Waals surface area contributed by atoms with E-state index in [2.05, 4.69) is 16.1 Å². The Hall–Kier alpha value is -2.36. The van der Waals surface area contributed by atoms with E-state index in [1.165, 1.54) is 37.1 Å². The predicted octanol–water partition coefficient (Wildman–Crippen LogP) is 3.47. The number of nitrogens with zero attached hydrogens (tertiary/aromatic N) is 2. The van der Waals surface area contributed by atoms with Crippen molar-refractivity contribution < 1.29 is 4.79 Å². The molecule has 0 spiro atoms. The van der Waals surface area contributed by atoms with Gasteiger partial charge in [0.25, 0.3) is 0 Å². The lowest BCUT2D eigenvalue weighted by Crippen LogP contribution is -2.26. The molecule has 2 aromatic rings. The van der Waals surface area contributed by atoms with Gasteiger partial charge in [-0.05, 0) is 43.4 Å². The average molecular weight is 321 g/mol. The molecule has 24 heavy (non-hydrogen) atoms. The van der Waals surface area contributed by atoms with Crippen molar-refractivity contribution in [3.05, 3.63) is 59.4 Å². The van der Waals surface area contributed by atoms with Crippen molar-refractivity contribution in [3.8, 4) is 0 Å². The lowest BCUT2D eigenvalue weighted by Gasteiger charge is -2.07. The second kappa shape index (κ2) is 6.63. The standard InChI is InChI=1S/C20H23N3O/c24-20(11-6-15-4-2-1-3-5-15)21-12-13-23-19(17-9-10-17)14-18(22-23)16-7-8-16/h1-6,11,14,16-17H,7-10,12-13H2,(H,21,24)/b11-6+. The van der Waals surface area contributed by atoms with Crippen LogP contribution >= 0.6 is 0 Å². The van der Waals surface area contributed by atoms with Gasteiger partial charge in [-0.1, -0.05) is 30.3 Å². The average Bonchev–Trinajstić information content (AvgIpc) is 3.52. The quantitative estimate of drug-likeness (QED) is 0.794. The summed E-state index contributed by atoms with van der Waals surface area (Å²) in [6, 6.07) is 12.2. The zero-order valence-corrected chi connectivity index (χ0v) is 13.8. The SMILES string of the molecule is O=C(/C=C/c1ccccc1)NCCn1nc(C2CC2)cc1C1CC1. The summed E-state index contributed by atoms with van der Waals surface area (Å²) in [5, 5.41) is 7.73. The summed E-state index contributed by atoms with van der Waals surface area (Å²) >= 11 is 0. The zero-order chi connectivity index (χ0) is 16.4. The van der Waals surface area contributed by atoms with Crippen molar-refractivity contribution in [2.45, 2.75) is 44.1 Å². The van der Waals surface area contributed by atoms with Crippen LogP contribution in [0.15, 0.2) is 42.5 Å². The molecule has 0 saturated heterocycles. The van der Waals surface area contributed by atoms with Gasteiger partial charge in [0, 0.05) is 30.2 Å². The first-order chi connectivity index (χ1) is 11.8. The second-order valence-electron chi connectivity index (χ2n) is 6.80. The molecule has 1 N–H and O–H groups in total. The van der Waals surface area contributed by atoms with Crippen molar-refractivity contribution in [2.75, 3.05) is 6.54 Å². The zero-order valence-electron chi connectivity index (χ0n) is 13.8. The summed E-state index contributed by atoms with van der Waals surface area (Å²) < 4.78 is 2.12. The van der Waals surface area contributed by atoms with Crippen LogP contribution in [-0.2, 0) is 11.3 Å². The van der Waals surface area contributed by atoms with Crippen LogP contribution in [0, 0.1) is 0 Å². The molecule has 1 amide bonds. The Morgan fingerprint density at radius 2 is 1.92 bits per heavy atom. The summed E-state index contributed by atoms with van der Waals surface area (Å²) in [5.74, 6) is 1.33. The smallest absolute Gasteiger partial charge is 0.244 e. The molecule has 0 aliphatic heterocycles. The maximum atomic E-state index is 11.9. The highest BCUT2D eigenvalue weighted by molar-refractivity contribution is 5.91. The third-order valence-electron chi connectivity index (χ3n) is 4.67. The molecule has 2 saturated carbocycles. The molecule has 0 radical (unpaired) electrons. The van der Waals surface area contributed by atoms with E-state index in [1.807, 2.05) is 36.4 Å². The topological polar surface area (TPSA) is 46.9 Å². The van der Waals surface area contributed by atoms with Crippen molar-refractivity contribution in [2.24, 2.45) is 0 Å². The number of benzene rings is 1. The first-order valence-corrected chi connectivity index (χ1v) is 8.88. The number of hydrogen-bond acceptors (Lipinski definition) is 2. The summed E-state index contributed by atoms with van der Waals surface area (Å²) in [4.78, 5) is 11.9. The summed E-state index contributed by atoms with van der Waals surface area (Å²) in [5.41, 5.74) is 3.66. The molecule has 1 heterocycles. The van der Waals surface area contributed by atoms with Crippen LogP contribution in [0.2, 0.25) is 0 Å². The van der Waals surface area contributed by atoms with E-state index in [1.54, 1.807) is 6.08 Å². The van der Waals surface area contributed by atoms with Gasteiger partial charge in [-0.3, -0.25) is 9.48 Å². The van der Waals surface area contributed by atoms with Crippen LogP contribution in [-0.4, -0.2) is 22.2 Å². The third-order valence-corrected chi connectivity index (χ3v) is 4.67. The van der Waals surface area contributed by atoms with E-state index in [0.717, 1.165) is 12.1 Å². The van der Waals surface area contributed by atoms with Gasteiger partial charge in [-0.15, -0.1) is 0 Å². The Morgan fingerprint density at radius 1 is 1.17 bits per heavy atom. The molecular weight excluding hydrogens is 298 g/mol. The van der Waals surface area contributed by atoms with Gasteiger partial charge >= 0.3 is 0 Å². The Bertz CT molecular complexity index is 739. The molecule has 0 unspecified atom stereocenters. The van der Waals surface area contributed by atoms with Gasteiger partial charge in [0.1, 0.15) is 0 Å². The van der Waals surface area contributed by atoms with Gasteiger partial charge in [0.2, 0.25) is 5.91 Å². The van der Waals surface area contributed by atoms with Gasteiger partial charge in [0.15, 0.2) is 0 Å². The van der Waals surface area contributed by atoms with E-state index in [-0.39, 0.29) is 5.91 Å². The second-order valence-corrected chi connectivity index (χ2v) is 6.80. The molecule has 4 heteroatoms. The highest BCUT2D eigenvalue weighted by atomic mass is 16.1. The normalized spacial score (nSPS) is 17.3. The molecule has 0 bridgehead atoms. The first-order valence-electron chi connectivity index (χ1n) is 8.88. The van der Waals surface area contributed by atoms with Crippen molar-refractivity contribution in [1.29, 1.82) is 0 Å². The molecule has 4 nitrogen and oxygen atoms in total. The minimum atomic E-state index is -0.0543. The van der Waals surface area contributed by atoms with Crippen LogP contribution in [0.3, 0.4) is 0 Å². The summed E-state index contributed by atoms with van der Waals surface area (Å²) in [6.07, 6.45) is 8.55. The molecule has 2 fully saturated rings.